The summed E-state index contributed by atoms with van der Waals surface area (Å²) in [5, 5.41) is 11.0. The molecule has 0 N–H and O–H groups in total. The fourth-order valence-corrected chi connectivity index (χ4v) is 5.06. The number of nitrogens with zero attached hydrogens (tertiary/aromatic N) is 6. The number of fused-ring (bicyclic) bond motifs is 1. The minimum absolute atomic E-state index is 0.110. The minimum atomic E-state index is -0.687. The molecule has 1 amide bonds. The zero-order chi connectivity index (χ0) is 24.4. The van der Waals surface area contributed by atoms with Gasteiger partial charge in [0.25, 0.3) is 5.69 Å². The van der Waals surface area contributed by atoms with Gasteiger partial charge >= 0.3 is 5.76 Å². The van der Waals surface area contributed by atoms with E-state index in [1.54, 1.807) is 0 Å². The molecule has 11 heteroatoms. The van der Waals surface area contributed by atoms with Gasteiger partial charge in [-0.05, 0) is 37.0 Å². The molecule has 4 heterocycles. The Morgan fingerprint density at radius 3 is 2.71 bits per heavy atom. The van der Waals surface area contributed by atoms with Crippen LogP contribution in [0.3, 0.4) is 0 Å². The maximum absolute atomic E-state index is 13.1. The van der Waals surface area contributed by atoms with Crippen LogP contribution in [0.4, 0.5) is 11.5 Å². The molecule has 0 bridgehead atoms. The van der Waals surface area contributed by atoms with Crippen molar-refractivity contribution in [3.8, 4) is 0 Å². The second-order valence-electron chi connectivity index (χ2n) is 9.19. The largest absolute Gasteiger partial charge is 0.420 e. The van der Waals surface area contributed by atoms with Crippen molar-refractivity contribution < 1.29 is 14.1 Å². The molecular formula is C24H28N6O5. The number of likely N-dealkylation sites (tertiary alicyclic amines) is 1. The van der Waals surface area contributed by atoms with Crippen LogP contribution >= 0.6 is 0 Å². The first-order valence-electron chi connectivity index (χ1n) is 11.9. The number of aromatic nitrogens is 2. The van der Waals surface area contributed by atoms with E-state index in [0.717, 1.165) is 51.4 Å². The summed E-state index contributed by atoms with van der Waals surface area (Å²) in [6, 6.07) is 9.94. The maximum atomic E-state index is 13.1. The molecule has 2 aliphatic heterocycles. The summed E-state index contributed by atoms with van der Waals surface area (Å²) in [4.78, 5) is 46.9. The van der Waals surface area contributed by atoms with E-state index in [0.29, 0.717) is 24.5 Å². The molecule has 2 fully saturated rings. The molecule has 0 radical (unpaired) electrons. The van der Waals surface area contributed by atoms with Crippen molar-refractivity contribution in [2.75, 3.05) is 50.7 Å². The highest BCUT2D eigenvalue weighted by molar-refractivity contribution is 5.80. The number of piperazine rings is 1. The molecule has 2 aliphatic rings. The molecule has 35 heavy (non-hydrogen) atoms. The van der Waals surface area contributed by atoms with Gasteiger partial charge in [-0.25, -0.2) is 9.78 Å². The number of non-ortho nitro benzene ring substituents is 1. The standard InChI is InChI=1S/C24H28N6O5/c31-23(17-29-20-7-6-19(30(33)34)14-21(20)35-24(29)32)28-9-3-4-18(16-28)15-26-10-12-27(13-11-26)22-5-1-2-8-25-22/h1-2,5-8,14,18H,3-4,9-13,15-17H2. The summed E-state index contributed by atoms with van der Waals surface area (Å²) in [5.41, 5.74) is 0.330. The van der Waals surface area contributed by atoms with Gasteiger partial charge in [-0.3, -0.25) is 24.4 Å². The fraction of sp³-hybridized carbons (Fsp3) is 0.458. The Balaban J connectivity index is 1.17. The molecule has 1 aromatic carbocycles. The lowest BCUT2D eigenvalue weighted by atomic mass is 9.97. The quantitative estimate of drug-likeness (QED) is 0.388. The van der Waals surface area contributed by atoms with E-state index in [1.807, 2.05) is 29.3 Å². The third-order valence-electron chi connectivity index (χ3n) is 6.89. The number of oxazole rings is 1. The number of carbonyl (C=O) groups is 1. The van der Waals surface area contributed by atoms with Crippen LogP contribution in [0.1, 0.15) is 12.8 Å². The Morgan fingerprint density at radius 1 is 1.14 bits per heavy atom. The van der Waals surface area contributed by atoms with Crippen LogP contribution < -0.4 is 10.7 Å². The number of anilines is 1. The van der Waals surface area contributed by atoms with Gasteiger partial charge in [0, 0.05) is 58.1 Å². The molecule has 11 nitrogen and oxygen atoms in total. The van der Waals surface area contributed by atoms with Crippen molar-refractivity contribution in [1.29, 1.82) is 0 Å². The molecule has 3 aromatic rings. The first-order valence-corrected chi connectivity index (χ1v) is 11.9. The topological polar surface area (TPSA) is 118 Å². The van der Waals surface area contributed by atoms with Gasteiger partial charge in [0.1, 0.15) is 12.4 Å². The Morgan fingerprint density at radius 2 is 1.97 bits per heavy atom. The van der Waals surface area contributed by atoms with Gasteiger partial charge < -0.3 is 14.2 Å². The van der Waals surface area contributed by atoms with E-state index in [4.69, 9.17) is 4.42 Å². The zero-order valence-electron chi connectivity index (χ0n) is 19.4. The van der Waals surface area contributed by atoms with Gasteiger partial charge in [-0.1, -0.05) is 6.07 Å². The average molecular weight is 481 g/mol. The van der Waals surface area contributed by atoms with E-state index in [1.165, 1.54) is 22.8 Å². The predicted octanol–water partition coefficient (Wildman–Crippen LogP) is 1.96. The Hall–Kier alpha value is -3.73. The van der Waals surface area contributed by atoms with Crippen molar-refractivity contribution in [2.45, 2.75) is 19.4 Å². The summed E-state index contributed by atoms with van der Waals surface area (Å²) in [6.07, 6.45) is 3.82. The lowest BCUT2D eigenvalue weighted by Crippen LogP contribution is -2.50. The number of benzene rings is 1. The molecule has 2 aromatic heterocycles. The minimum Gasteiger partial charge on any atom is -0.407 e. The van der Waals surface area contributed by atoms with Crippen LogP contribution in [-0.4, -0.2) is 76.0 Å². The smallest absolute Gasteiger partial charge is 0.407 e. The number of piperidine rings is 1. The van der Waals surface area contributed by atoms with Crippen LogP contribution in [0.15, 0.2) is 51.8 Å². The Bertz CT molecular complexity index is 1260. The van der Waals surface area contributed by atoms with E-state index in [-0.39, 0.29) is 23.7 Å². The van der Waals surface area contributed by atoms with E-state index < -0.39 is 10.7 Å². The number of hydrogen-bond acceptors (Lipinski definition) is 8. The normalized spacial score (nSPS) is 19.3. The number of amides is 1. The molecule has 5 rings (SSSR count). The van der Waals surface area contributed by atoms with Crippen molar-refractivity contribution >= 4 is 28.5 Å². The van der Waals surface area contributed by atoms with Crippen LogP contribution in [0.25, 0.3) is 11.1 Å². The van der Waals surface area contributed by atoms with Gasteiger partial charge in [0.15, 0.2) is 5.58 Å². The summed E-state index contributed by atoms with van der Waals surface area (Å²) in [6.45, 7) is 5.92. The highest BCUT2D eigenvalue weighted by atomic mass is 16.6. The third-order valence-corrected chi connectivity index (χ3v) is 6.89. The van der Waals surface area contributed by atoms with Gasteiger partial charge in [-0.15, -0.1) is 0 Å². The number of pyridine rings is 1. The Labute approximate surface area is 201 Å². The Kier molecular flexibility index (Phi) is 6.49. The molecule has 184 valence electrons. The number of nitro benzene ring substituents is 1. The molecule has 2 saturated heterocycles. The summed E-state index contributed by atoms with van der Waals surface area (Å²) >= 11 is 0. The summed E-state index contributed by atoms with van der Waals surface area (Å²) in [5.74, 6) is 0.568. The highest BCUT2D eigenvalue weighted by Crippen LogP contribution is 2.22. The number of rotatable bonds is 6. The van der Waals surface area contributed by atoms with Crippen LogP contribution in [0, 0.1) is 16.0 Å². The van der Waals surface area contributed by atoms with Crippen molar-refractivity contribution in [1.82, 2.24) is 19.4 Å². The third kappa shape index (κ3) is 5.04. The number of hydrogen-bond donors (Lipinski definition) is 0. The maximum Gasteiger partial charge on any atom is 0.420 e. The second kappa shape index (κ2) is 9.87. The number of carbonyl (C=O) groups excluding carboxylic acids is 1. The van der Waals surface area contributed by atoms with Crippen LogP contribution in [0.2, 0.25) is 0 Å². The van der Waals surface area contributed by atoms with Crippen molar-refractivity contribution in [2.24, 2.45) is 5.92 Å². The first kappa shape index (κ1) is 23.0. The summed E-state index contributed by atoms with van der Waals surface area (Å²) in [7, 11) is 0. The first-order chi connectivity index (χ1) is 17.0. The van der Waals surface area contributed by atoms with E-state index >= 15 is 0 Å². The van der Waals surface area contributed by atoms with Gasteiger partial charge in [0.05, 0.1) is 16.5 Å². The van der Waals surface area contributed by atoms with Gasteiger partial charge in [-0.2, -0.15) is 0 Å². The monoisotopic (exact) mass is 480 g/mol. The van der Waals surface area contributed by atoms with Crippen LogP contribution in [0.5, 0.6) is 0 Å². The lowest BCUT2D eigenvalue weighted by molar-refractivity contribution is -0.384. The second-order valence-corrected chi connectivity index (χ2v) is 9.19. The molecule has 1 unspecified atom stereocenters. The zero-order valence-corrected chi connectivity index (χ0v) is 19.4. The molecule has 0 saturated carbocycles. The van der Waals surface area contributed by atoms with Crippen molar-refractivity contribution in [3.63, 3.8) is 0 Å². The molecule has 1 atom stereocenters. The predicted molar refractivity (Wildman–Crippen MR) is 129 cm³/mol. The molecule has 0 aliphatic carbocycles. The number of nitro groups is 1. The molecule has 0 spiro atoms. The van der Waals surface area contributed by atoms with E-state index in [2.05, 4.69) is 14.8 Å². The average Bonchev–Trinajstić information content (AvgIpc) is 3.19. The summed E-state index contributed by atoms with van der Waals surface area (Å²) < 4.78 is 6.41. The highest BCUT2D eigenvalue weighted by Gasteiger charge is 2.28. The van der Waals surface area contributed by atoms with E-state index in [9.17, 15) is 19.7 Å². The fourth-order valence-electron chi connectivity index (χ4n) is 5.06. The SMILES string of the molecule is O=C(Cn1c(=O)oc2cc([N+](=O)[O-])ccc21)N1CCCC(CN2CCN(c3ccccn3)CC2)C1. The molecular weight excluding hydrogens is 452 g/mol. The lowest BCUT2D eigenvalue weighted by Gasteiger charge is -2.39. The van der Waals surface area contributed by atoms with Gasteiger partial charge in [0.2, 0.25) is 5.91 Å². The van der Waals surface area contributed by atoms with Crippen LogP contribution in [-0.2, 0) is 11.3 Å². The van der Waals surface area contributed by atoms with Crippen molar-refractivity contribution in [3.05, 3.63) is 63.3 Å².